The highest BCUT2D eigenvalue weighted by Gasteiger charge is 2.27. The molecule has 2 aromatic carbocycles. The summed E-state index contributed by atoms with van der Waals surface area (Å²) >= 11 is 0. The van der Waals surface area contributed by atoms with Crippen LogP contribution >= 0.6 is 0 Å². The number of nitrogens with two attached hydrogens (primary N) is 1. The van der Waals surface area contributed by atoms with Crippen molar-refractivity contribution in [1.29, 1.82) is 0 Å². The summed E-state index contributed by atoms with van der Waals surface area (Å²) in [6.07, 6.45) is 1.67. The second-order valence-corrected chi connectivity index (χ2v) is 8.64. The highest BCUT2D eigenvalue weighted by atomic mass is 32.2. The monoisotopic (exact) mass is 431 g/mol. The molecule has 0 aromatic heterocycles. The molecule has 0 aliphatic carbocycles. The third kappa shape index (κ3) is 5.02. The van der Waals surface area contributed by atoms with E-state index in [1.165, 1.54) is 52.8 Å². The summed E-state index contributed by atoms with van der Waals surface area (Å²) in [6.45, 7) is 0.462. The van der Waals surface area contributed by atoms with Crippen molar-refractivity contribution in [3.63, 3.8) is 0 Å². The van der Waals surface area contributed by atoms with Crippen LogP contribution in [0.1, 0.15) is 33.6 Å². The van der Waals surface area contributed by atoms with Gasteiger partial charge < -0.3 is 15.8 Å². The Morgan fingerprint density at radius 1 is 0.933 bits per heavy atom. The first-order valence-electron chi connectivity index (χ1n) is 9.24. The Morgan fingerprint density at radius 3 is 2.07 bits per heavy atom. The van der Waals surface area contributed by atoms with E-state index in [1.54, 1.807) is 0 Å². The second kappa shape index (κ2) is 9.06. The fourth-order valence-corrected chi connectivity index (χ4v) is 4.49. The molecular weight excluding hydrogens is 410 g/mol. The first-order chi connectivity index (χ1) is 14.3. The number of nitrogens with one attached hydrogen (secondary N) is 1. The minimum atomic E-state index is -3.56. The van der Waals surface area contributed by atoms with Crippen LogP contribution in [-0.2, 0) is 19.6 Å². The van der Waals surface area contributed by atoms with Crippen molar-refractivity contribution in [1.82, 2.24) is 4.31 Å². The number of carbonyl (C=O) groups excluding carboxylic acids is 3. The summed E-state index contributed by atoms with van der Waals surface area (Å²) in [7, 11) is -3.56. The zero-order valence-corrected chi connectivity index (χ0v) is 16.9. The van der Waals surface area contributed by atoms with E-state index < -0.39 is 34.4 Å². The minimum absolute atomic E-state index is 0.109. The standard InChI is InChI=1S/C20H21N3O6S/c21-19(25)14-3-7-16(8-4-14)22-18(24)13-29-20(26)15-5-9-17(10-6-15)30(27,28)23-11-1-2-12-23/h3-10H,1-2,11-13H2,(H2,21,25)(H,22,24). The number of rotatable bonds is 7. The molecule has 30 heavy (non-hydrogen) atoms. The lowest BCUT2D eigenvalue weighted by Gasteiger charge is -2.15. The number of sulfonamides is 1. The minimum Gasteiger partial charge on any atom is -0.452 e. The van der Waals surface area contributed by atoms with Crippen LogP contribution in [0.15, 0.2) is 53.4 Å². The Kier molecular flexibility index (Phi) is 6.48. The Morgan fingerprint density at radius 2 is 1.50 bits per heavy atom. The zero-order valence-electron chi connectivity index (χ0n) is 16.0. The van der Waals surface area contributed by atoms with Crippen molar-refractivity contribution in [2.45, 2.75) is 17.7 Å². The molecule has 2 amide bonds. The van der Waals surface area contributed by atoms with Crippen LogP contribution < -0.4 is 11.1 Å². The van der Waals surface area contributed by atoms with Gasteiger partial charge in [-0.25, -0.2) is 13.2 Å². The van der Waals surface area contributed by atoms with Crippen LogP contribution in [-0.4, -0.2) is 50.2 Å². The molecule has 10 heteroatoms. The number of hydrogen-bond donors (Lipinski definition) is 2. The topological polar surface area (TPSA) is 136 Å². The van der Waals surface area contributed by atoms with Gasteiger partial charge in [0.15, 0.2) is 6.61 Å². The smallest absolute Gasteiger partial charge is 0.338 e. The number of carbonyl (C=O) groups is 3. The molecule has 1 saturated heterocycles. The number of nitrogens with zero attached hydrogens (tertiary/aromatic N) is 1. The SMILES string of the molecule is NC(=O)c1ccc(NC(=O)COC(=O)c2ccc(S(=O)(=O)N3CCCC3)cc2)cc1. The summed E-state index contributed by atoms with van der Waals surface area (Å²) in [5.41, 5.74) is 5.99. The third-order valence-electron chi connectivity index (χ3n) is 4.58. The molecule has 0 radical (unpaired) electrons. The van der Waals surface area contributed by atoms with Gasteiger partial charge in [-0.05, 0) is 61.4 Å². The van der Waals surface area contributed by atoms with Gasteiger partial charge in [-0.1, -0.05) is 0 Å². The van der Waals surface area contributed by atoms with E-state index in [-0.39, 0.29) is 10.5 Å². The Balaban J connectivity index is 1.54. The van der Waals surface area contributed by atoms with Gasteiger partial charge in [0.05, 0.1) is 10.5 Å². The number of anilines is 1. The summed E-state index contributed by atoms with van der Waals surface area (Å²) in [6, 6.07) is 11.3. The van der Waals surface area contributed by atoms with Crippen molar-refractivity contribution in [2.24, 2.45) is 5.73 Å². The molecule has 1 heterocycles. The Labute approximate surface area is 173 Å². The van der Waals surface area contributed by atoms with Crippen LogP contribution in [0.3, 0.4) is 0 Å². The number of amides is 2. The Bertz CT molecular complexity index is 1040. The molecule has 1 aliphatic heterocycles. The van der Waals surface area contributed by atoms with E-state index in [4.69, 9.17) is 10.5 Å². The molecule has 0 unspecified atom stereocenters. The highest BCUT2D eigenvalue weighted by molar-refractivity contribution is 7.89. The molecule has 0 atom stereocenters. The molecule has 0 saturated carbocycles. The quantitative estimate of drug-likeness (QED) is 0.636. The average Bonchev–Trinajstić information content (AvgIpc) is 3.28. The fourth-order valence-electron chi connectivity index (χ4n) is 2.97. The number of hydrogen-bond acceptors (Lipinski definition) is 6. The molecule has 9 nitrogen and oxygen atoms in total. The van der Waals surface area contributed by atoms with E-state index in [0.29, 0.717) is 24.3 Å². The first kappa shape index (κ1) is 21.5. The van der Waals surface area contributed by atoms with E-state index in [1.807, 2.05) is 0 Å². The molecule has 2 aromatic rings. The van der Waals surface area contributed by atoms with Crippen LogP contribution in [0.2, 0.25) is 0 Å². The third-order valence-corrected chi connectivity index (χ3v) is 6.49. The Hall–Kier alpha value is -3.24. The summed E-state index contributed by atoms with van der Waals surface area (Å²) in [4.78, 5) is 35.2. The maximum Gasteiger partial charge on any atom is 0.338 e. The summed E-state index contributed by atoms with van der Waals surface area (Å²) in [5.74, 6) is -1.90. The zero-order chi connectivity index (χ0) is 21.7. The van der Waals surface area contributed by atoms with E-state index >= 15 is 0 Å². The van der Waals surface area contributed by atoms with Gasteiger partial charge in [0.25, 0.3) is 5.91 Å². The van der Waals surface area contributed by atoms with Gasteiger partial charge in [0.1, 0.15) is 0 Å². The molecular formula is C20H21N3O6S. The number of benzene rings is 2. The highest BCUT2D eigenvalue weighted by Crippen LogP contribution is 2.21. The summed E-state index contributed by atoms with van der Waals surface area (Å²) in [5, 5.41) is 2.52. The maximum atomic E-state index is 12.5. The lowest BCUT2D eigenvalue weighted by atomic mass is 10.2. The first-order valence-corrected chi connectivity index (χ1v) is 10.7. The van der Waals surface area contributed by atoms with Gasteiger partial charge in [0, 0.05) is 24.3 Å². The molecule has 0 bridgehead atoms. The fraction of sp³-hybridized carbons (Fsp3) is 0.250. The van der Waals surface area contributed by atoms with Crippen molar-refractivity contribution in [3.05, 3.63) is 59.7 Å². The lowest BCUT2D eigenvalue weighted by molar-refractivity contribution is -0.119. The van der Waals surface area contributed by atoms with Crippen LogP contribution in [0.4, 0.5) is 5.69 Å². The average molecular weight is 431 g/mol. The number of primary amides is 1. The van der Waals surface area contributed by atoms with E-state index in [0.717, 1.165) is 12.8 Å². The molecule has 0 spiro atoms. The normalized spacial score (nSPS) is 14.3. The molecule has 3 rings (SSSR count). The van der Waals surface area contributed by atoms with E-state index in [2.05, 4.69) is 5.32 Å². The second-order valence-electron chi connectivity index (χ2n) is 6.70. The molecule has 1 aliphatic rings. The number of ether oxygens (including phenoxy) is 1. The van der Waals surface area contributed by atoms with Gasteiger partial charge in [-0.2, -0.15) is 4.31 Å². The summed E-state index contributed by atoms with van der Waals surface area (Å²) < 4.78 is 31.4. The molecule has 158 valence electrons. The van der Waals surface area contributed by atoms with Crippen molar-refractivity contribution in [2.75, 3.05) is 25.0 Å². The number of esters is 1. The van der Waals surface area contributed by atoms with Gasteiger partial charge in [-0.3, -0.25) is 9.59 Å². The predicted octanol–water partition coefficient (Wildman–Crippen LogP) is 1.37. The van der Waals surface area contributed by atoms with Crippen LogP contribution in [0.5, 0.6) is 0 Å². The van der Waals surface area contributed by atoms with Crippen LogP contribution in [0.25, 0.3) is 0 Å². The predicted molar refractivity (Wildman–Crippen MR) is 108 cm³/mol. The lowest BCUT2D eigenvalue weighted by Crippen LogP contribution is -2.27. The maximum absolute atomic E-state index is 12.5. The van der Waals surface area contributed by atoms with Crippen molar-refractivity contribution >= 4 is 33.5 Å². The van der Waals surface area contributed by atoms with Gasteiger partial charge >= 0.3 is 5.97 Å². The van der Waals surface area contributed by atoms with Crippen LogP contribution in [0, 0.1) is 0 Å². The van der Waals surface area contributed by atoms with Crippen molar-refractivity contribution < 1.29 is 27.5 Å². The largest absolute Gasteiger partial charge is 0.452 e. The van der Waals surface area contributed by atoms with Crippen molar-refractivity contribution in [3.8, 4) is 0 Å². The van der Waals surface area contributed by atoms with Gasteiger partial charge in [0.2, 0.25) is 15.9 Å². The van der Waals surface area contributed by atoms with E-state index in [9.17, 15) is 22.8 Å². The van der Waals surface area contributed by atoms with Gasteiger partial charge in [-0.15, -0.1) is 0 Å². The molecule has 3 N–H and O–H groups in total. The molecule has 1 fully saturated rings.